The Hall–Kier alpha value is -1.71. The molecule has 120 valence electrons. The van der Waals surface area contributed by atoms with Crippen molar-refractivity contribution in [2.24, 2.45) is 0 Å². The molecule has 1 fully saturated rings. The Bertz CT molecular complexity index is 550. The number of methoxy groups -OCH3 is 2. The van der Waals surface area contributed by atoms with Crippen LogP contribution >= 0.6 is 0 Å². The van der Waals surface area contributed by atoms with E-state index in [4.69, 9.17) is 9.47 Å². The zero-order chi connectivity index (χ0) is 15.5. The Kier molecular flexibility index (Phi) is 4.55. The van der Waals surface area contributed by atoms with Gasteiger partial charge in [0.25, 0.3) is 0 Å². The SMILES string of the molecule is COc1cc2c(cc1OC)CC(=O)N(C1CCCCC1)CC2. The van der Waals surface area contributed by atoms with Crippen LogP contribution in [0, 0.1) is 0 Å². The van der Waals surface area contributed by atoms with E-state index in [-0.39, 0.29) is 5.91 Å². The van der Waals surface area contributed by atoms with Gasteiger partial charge in [0.1, 0.15) is 0 Å². The molecule has 0 saturated heterocycles. The van der Waals surface area contributed by atoms with Crippen LogP contribution in [0.25, 0.3) is 0 Å². The summed E-state index contributed by atoms with van der Waals surface area (Å²) < 4.78 is 10.8. The van der Waals surface area contributed by atoms with Crippen LogP contribution in [-0.2, 0) is 17.6 Å². The average Bonchev–Trinajstić information content (AvgIpc) is 2.72. The number of ether oxygens (including phenoxy) is 2. The van der Waals surface area contributed by atoms with Crippen molar-refractivity contribution in [3.05, 3.63) is 23.3 Å². The highest BCUT2D eigenvalue weighted by molar-refractivity contribution is 5.80. The molecule has 4 heteroatoms. The van der Waals surface area contributed by atoms with Gasteiger partial charge in [-0.1, -0.05) is 19.3 Å². The molecule has 0 radical (unpaired) electrons. The van der Waals surface area contributed by atoms with Gasteiger partial charge in [0.05, 0.1) is 20.6 Å². The molecule has 0 N–H and O–H groups in total. The molecule has 0 aromatic heterocycles. The maximum Gasteiger partial charge on any atom is 0.227 e. The number of hydrogen-bond donors (Lipinski definition) is 0. The summed E-state index contributed by atoms with van der Waals surface area (Å²) in [5.41, 5.74) is 2.30. The van der Waals surface area contributed by atoms with E-state index >= 15 is 0 Å². The first-order valence-corrected chi connectivity index (χ1v) is 8.26. The Morgan fingerprint density at radius 3 is 2.27 bits per heavy atom. The van der Waals surface area contributed by atoms with Crippen molar-refractivity contribution < 1.29 is 14.3 Å². The molecule has 4 nitrogen and oxygen atoms in total. The van der Waals surface area contributed by atoms with Crippen molar-refractivity contribution >= 4 is 5.91 Å². The fourth-order valence-corrected chi connectivity index (χ4v) is 3.77. The lowest BCUT2D eigenvalue weighted by molar-refractivity contribution is -0.133. The van der Waals surface area contributed by atoms with Crippen LogP contribution in [-0.4, -0.2) is 37.6 Å². The van der Waals surface area contributed by atoms with Crippen LogP contribution in [0.5, 0.6) is 11.5 Å². The van der Waals surface area contributed by atoms with Gasteiger partial charge < -0.3 is 14.4 Å². The smallest absolute Gasteiger partial charge is 0.227 e. The fourth-order valence-electron chi connectivity index (χ4n) is 3.77. The highest BCUT2D eigenvalue weighted by Crippen LogP contribution is 2.33. The molecule has 0 spiro atoms. The predicted octanol–water partition coefficient (Wildman–Crippen LogP) is 2.96. The van der Waals surface area contributed by atoms with Crippen molar-refractivity contribution in [2.45, 2.75) is 51.0 Å². The lowest BCUT2D eigenvalue weighted by Crippen LogP contribution is -2.42. The molecular formula is C18H25NO3. The largest absolute Gasteiger partial charge is 0.493 e. The summed E-state index contributed by atoms with van der Waals surface area (Å²) in [4.78, 5) is 14.8. The van der Waals surface area contributed by atoms with Crippen molar-refractivity contribution in [3.63, 3.8) is 0 Å². The van der Waals surface area contributed by atoms with Crippen LogP contribution in [0.3, 0.4) is 0 Å². The molecule has 0 bridgehead atoms. The van der Waals surface area contributed by atoms with E-state index in [1.165, 1.54) is 24.8 Å². The molecule has 1 amide bonds. The van der Waals surface area contributed by atoms with Crippen molar-refractivity contribution in [3.8, 4) is 11.5 Å². The molecule has 0 unspecified atom stereocenters. The maximum atomic E-state index is 12.7. The van der Waals surface area contributed by atoms with E-state index in [2.05, 4.69) is 4.90 Å². The van der Waals surface area contributed by atoms with Gasteiger partial charge in [-0.2, -0.15) is 0 Å². The number of carbonyl (C=O) groups is 1. The number of fused-ring (bicyclic) bond motifs is 1. The summed E-state index contributed by atoms with van der Waals surface area (Å²) in [6, 6.07) is 4.45. The van der Waals surface area contributed by atoms with Gasteiger partial charge >= 0.3 is 0 Å². The van der Waals surface area contributed by atoms with Gasteiger partial charge in [-0.3, -0.25) is 4.79 Å². The van der Waals surface area contributed by atoms with Crippen LogP contribution in [0.2, 0.25) is 0 Å². The monoisotopic (exact) mass is 303 g/mol. The number of hydrogen-bond acceptors (Lipinski definition) is 3. The zero-order valence-electron chi connectivity index (χ0n) is 13.6. The fraction of sp³-hybridized carbons (Fsp3) is 0.611. The van der Waals surface area contributed by atoms with Gasteiger partial charge in [-0.25, -0.2) is 0 Å². The highest BCUT2D eigenvalue weighted by Gasteiger charge is 2.28. The molecular weight excluding hydrogens is 278 g/mol. The van der Waals surface area contributed by atoms with Gasteiger partial charge in [-0.15, -0.1) is 0 Å². The zero-order valence-corrected chi connectivity index (χ0v) is 13.6. The first kappa shape index (κ1) is 15.2. The van der Waals surface area contributed by atoms with E-state index in [9.17, 15) is 4.79 Å². The first-order chi connectivity index (χ1) is 10.7. The Morgan fingerprint density at radius 1 is 1.00 bits per heavy atom. The quantitative estimate of drug-likeness (QED) is 0.862. The minimum absolute atomic E-state index is 0.262. The summed E-state index contributed by atoms with van der Waals surface area (Å²) in [6.45, 7) is 0.825. The van der Waals surface area contributed by atoms with E-state index < -0.39 is 0 Å². The molecule has 1 aliphatic heterocycles. The Morgan fingerprint density at radius 2 is 1.64 bits per heavy atom. The molecule has 22 heavy (non-hydrogen) atoms. The average molecular weight is 303 g/mol. The molecule has 1 aromatic rings. The van der Waals surface area contributed by atoms with Crippen molar-refractivity contribution in [1.82, 2.24) is 4.90 Å². The maximum absolute atomic E-state index is 12.7. The predicted molar refractivity (Wildman–Crippen MR) is 85.5 cm³/mol. The van der Waals surface area contributed by atoms with Gasteiger partial charge in [-0.05, 0) is 42.5 Å². The summed E-state index contributed by atoms with van der Waals surface area (Å²) in [7, 11) is 3.29. The van der Waals surface area contributed by atoms with E-state index in [1.807, 2.05) is 12.1 Å². The molecule has 1 saturated carbocycles. The molecule has 1 aromatic carbocycles. The second-order valence-electron chi connectivity index (χ2n) is 6.28. The van der Waals surface area contributed by atoms with Gasteiger partial charge in [0, 0.05) is 12.6 Å². The minimum atomic E-state index is 0.262. The van der Waals surface area contributed by atoms with Crippen molar-refractivity contribution in [1.29, 1.82) is 0 Å². The van der Waals surface area contributed by atoms with Gasteiger partial charge in [0.15, 0.2) is 11.5 Å². The third-order valence-electron chi connectivity index (χ3n) is 5.01. The third kappa shape index (κ3) is 2.92. The van der Waals surface area contributed by atoms with Crippen LogP contribution in [0.1, 0.15) is 43.2 Å². The highest BCUT2D eigenvalue weighted by atomic mass is 16.5. The number of amides is 1. The molecule has 3 rings (SSSR count). The third-order valence-corrected chi connectivity index (χ3v) is 5.01. The molecule has 1 heterocycles. The second-order valence-corrected chi connectivity index (χ2v) is 6.28. The minimum Gasteiger partial charge on any atom is -0.493 e. The lowest BCUT2D eigenvalue weighted by atomic mass is 9.94. The number of carbonyl (C=O) groups excluding carboxylic acids is 1. The topological polar surface area (TPSA) is 38.8 Å². The van der Waals surface area contributed by atoms with E-state index in [0.717, 1.165) is 37.1 Å². The summed E-state index contributed by atoms with van der Waals surface area (Å²) in [5.74, 6) is 1.72. The number of rotatable bonds is 3. The van der Waals surface area contributed by atoms with Crippen molar-refractivity contribution in [2.75, 3.05) is 20.8 Å². The normalized spacial score (nSPS) is 19.5. The molecule has 0 atom stereocenters. The standard InChI is InChI=1S/C18H25NO3/c1-21-16-10-13-8-9-19(15-6-4-3-5-7-15)18(20)12-14(13)11-17(16)22-2/h10-11,15H,3-9,12H2,1-2H3. The Labute approximate surface area is 132 Å². The lowest BCUT2D eigenvalue weighted by Gasteiger charge is -2.33. The number of nitrogens with zero attached hydrogens (tertiary/aromatic N) is 1. The Balaban J connectivity index is 1.84. The van der Waals surface area contributed by atoms with Crippen LogP contribution in [0.4, 0.5) is 0 Å². The number of benzene rings is 1. The molecule has 2 aliphatic rings. The van der Waals surface area contributed by atoms with Crippen LogP contribution in [0.15, 0.2) is 12.1 Å². The molecule has 1 aliphatic carbocycles. The summed E-state index contributed by atoms with van der Waals surface area (Å²) in [6.07, 6.45) is 7.52. The van der Waals surface area contributed by atoms with E-state index in [1.54, 1.807) is 14.2 Å². The first-order valence-electron chi connectivity index (χ1n) is 8.26. The van der Waals surface area contributed by atoms with Crippen LogP contribution < -0.4 is 9.47 Å². The summed E-state index contributed by atoms with van der Waals surface area (Å²) >= 11 is 0. The summed E-state index contributed by atoms with van der Waals surface area (Å²) in [5, 5.41) is 0. The van der Waals surface area contributed by atoms with Gasteiger partial charge in [0.2, 0.25) is 5.91 Å². The second kappa shape index (κ2) is 6.59. The van der Waals surface area contributed by atoms with E-state index in [0.29, 0.717) is 18.2 Å².